The van der Waals surface area contributed by atoms with E-state index in [0.29, 0.717) is 6.61 Å². The fourth-order valence-corrected chi connectivity index (χ4v) is 2.23. The number of anilines is 1. The van der Waals surface area contributed by atoms with Crippen LogP contribution in [0, 0.1) is 0 Å². The Morgan fingerprint density at radius 3 is 2.81 bits per heavy atom. The molecule has 0 radical (unpaired) electrons. The highest BCUT2D eigenvalue weighted by Crippen LogP contribution is 2.23. The fraction of sp³-hybridized carbons (Fsp3) is 0.353. The van der Waals surface area contributed by atoms with Crippen LogP contribution in [-0.2, 0) is 13.0 Å². The molecule has 1 aromatic heterocycles. The van der Waals surface area contributed by atoms with Crippen LogP contribution in [0.25, 0.3) is 0 Å². The summed E-state index contributed by atoms with van der Waals surface area (Å²) in [6, 6.07) is 11.7. The van der Waals surface area contributed by atoms with Crippen molar-refractivity contribution >= 4 is 17.4 Å². The SMILES string of the molecule is CCCNc1cccc(COc2ccc(Cl)c(CC)c2)n1. The molecule has 0 unspecified atom stereocenters. The van der Waals surface area contributed by atoms with E-state index in [0.717, 1.165) is 47.2 Å². The van der Waals surface area contributed by atoms with Crippen molar-refractivity contribution in [3.63, 3.8) is 0 Å². The first-order valence-corrected chi connectivity index (χ1v) is 7.71. The molecule has 1 aromatic carbocycles. The Bertz CT molecular complexity index is 587. The topological polar surface area (TPSA) is 34.1 Å². The quantitative estimate of drug-likeness (QED) is 0.805. The van der Waals surface area contributed by atoms with Crippen LogP contribution < -0.4 is 10.1 Å². The highest BCUT2D eigenvalue weighted by Gasteiger charge is 2.03. The van der Waals surface area contributed by atoms with E-state index in [1.54, 1.807) is 0 Å². The number of hydrogen-bond donors (Lipinski definition) is 1. The van der Waals surface area contributed by atoms with E-state index in [-0.39, 0.29) is 0 Å². The van der Waals surface area contributed by atoms with Crippen LogP contribution in [0.3, 0.4) is 0 Å². The Morgan fingerprint density at radius 2 is 2.05 bits per heavy atom. The van der Waals surface area contributed by atoms with Crippen LogP contribution in [-0.4, -0.2) is 11.5 Å². The van der Waals surface area contributed by atoms with Gasteiger partial charge in [-0.1, -0.05) is 31.5 Å². The van der Waals surface area contributed by atoms with Gasteiger partial charge < -0.3 is 10.1 Å². The maximum atomic E-state index is 6.11. The van der Waals surface area contributed by atoms with Crippen molar-refractivity contribution < 1.29 is 4.74 Å². The number of aromatic nitrogens is 1. The van der Waals surface area contributed by atoms with Gasteiger partial charge in [-0.15, -0.1) is 0 Å². The fourth-order valence-electron chi connectivity index (χ4n) is 1.98. The van der Waals surface area contributed by atoms with Crippen molar-refractivity contribution in [3.8, 4) is 5.75 Å². The first-order chi connectivity index (χ1) is 10.2. The van der Waals surface area contributed by atoms with Gasteiger partial charge in [0.1, 0.15) is 18.2 Å². The molecule has 4 heteroatoms. The van der Waals surface area contributed by atoms with Gasteiger partial charge in [0, 0.05) is 11.6 Å². The number of halogens is 1. The summed E-state index contributed by atoms with van der Waals surface area (Å²) < 4.78 is 5.80. The summed E-state index contributed by atoms with van der Waals surface area (Å²) in [6.45, 7) is 5.59. The minimum Gasteiger partial charge on any atom is -0.487 e. The van der Waals surface area contributed by atoms with E-state index in [2.05, 4.69) is 24.1 Å². The van der Waals surface area contributed by atoms with Gasteiger partial charge in [0.15, 0.2) is 0 Å². The predicted molar refractivity (Wildman–Crippen MR) is 88.2 cm³/mol. The molecule has 0 aliphatic carbocycles. The van der Waals surface area contributed by atoms with Crippen molar-refractivity contribution in [3.05, 3.63) is 52.7 Å². The third-order valence-corrected chi connectivity index (χ3v) is 3.52. The van der Waals surface area contributed by atoms with Crippen molar-refractivity contribution in [1.29, 1.82) is 0 Å². The van der Waals surface area contributed by atoms with Gasteiger partial charge in [-0.25, -0.2) is 4.98 Å². The predicted octanol–water partition coefficient (Wildman–Crippen LogP) is 4.70. The molecule has 3 nitrogen and oxygen atoms in total. The first-order valence-electron chi connectivity index (χ1n) is 7.34. The van der Waals surface area contributed by atoms with Crippen molar-refractivity contribution in [2.45, 2.75) is 33.3 Å². The van der Waals surface area contributed by atoms with Crippen LogP contribution in [0.15, 0.2) is 36.4 Å². The Balaban J connectivity index is 1.99. The van der Waals surface area contributed by atoms with Crippen molar-refractivity contribution in [2.24, 2.45) is 0 Å². The van der Waals surface area contributed by atoms with Crippen LogP contribution in [0.2, 0.25) is 5.02 Å². The monoisotopic (exact) mass is 304 g/mol. The molecule has 0 saturated heterocycles. The molecule has 1 N–H and O–H groups in total. The smallest absolute Gasteiger partial charge is 0.130 e. The Labute approximate surface area is 131 Å². The van der Waals surface area contributed by atoms with Crippen LogP contribution in [0.1, 0.15) is 31.5 Å². The maximum Gasteiger partial charge on any atom is 0.130 e. The number of nitrogens with zero attached hydrogens (tertiary/aromatic N) is 1. The molecular formula is C17H21ClN2O. The van der Waals surface area contributed by atoms with Gasteiger partial charge in [0.2, 0.25) is 0 Å². The Kier molecular flexibility index (Phi) is 5.88. The lowest BCUT2D eigenvalue weighted by Gasteiger charge is -2.10. The summed E-state index contributed by atoms with van der Waals surface area (Å²) in [7, 11) is 0. The number of hydrogen-bond acceptors (Lipinski definition) is 3. The van der Waals surface area contributed by atoms with E-state index in [4.69, 9.17) is 16.3 Å². The van der Waals surface area contributed by atoms with E-state index in [1.165, 1.54) is 0 Å². The maximum absolute atomic E-state index is 6.11. The molecule has 0 saturated carbocycles. The lowest BCUT2D eigenvalue weighted by atomic mass is 10.1. The zero-order chi connectivity index (χ0) is 15.1. The van der Waals surface area contributed by atoms with Crippen LogP contribution in [0.4, 0.5) is 5.82 Å². The second-order valence-electron chi connectivity index (χ2n) is 4.84. The highest BCUT2D eigenvalue weighted by molar-refractivity contribution is 6.31. The molecule has 2 aromatic rings. The second kappa shape index (κ2) is 7.89. The molecule has 0 aliphatic heterocycles. The summed E-state index contributed by atoms with van der Waals surface area (Å²) >= 11 is 6.11. The summed E-state index contributed by atoms with van der Waals surface area (Å²) in [5.74, 6) is 1.72. The van der Waals surface area contributed by atoms with Gasteiger partial charge in [-0.05, 0) is 48.7 Å². The summed E-state index contributed by atoms with van der Waals surface area (Å²) in [4.78, 5) is 4.52. The van der Waals surface area contributed by atoms with Gasteiger partial charge in [-0.2, -0.15) is 0 Å². The number of benzene rings is 1. The normalized spacial score (nSPS) is 10.4. The molecule has 0 amide bonds. The molecule has 21 heavy (non-hydrogen) atoms. The summed E-state index contributed by atoms with van der Waals surface area (Å²) in [5.41, 5.74) is 2.00. The third-order valence-electron chi connectivity index (χ3n) is 3.15. The number of pyridine rings is 1. The second-order valence-corrected chi connectivity index (χ2v) is 5.24. The number of nitrogens with one attached hydrogen (secondary N) is 1. The lowest BCUT2D eigenvalue weighted by molar-refractivity contribution is 0.301. The Hall–Kier alpha value is -1.74. The highest BCUT2D eigenvalue weighted by atomic mass is 35.5. The number of ether oxygens (including phenoxy) is 1. The van der Waals surface area contributed by atoms with E-state index in [1.807, 2.05) is 36.4 Å². The molecule has 2 rings (SSSR count). The number of rotatable bonds is 7. The van der Waals surface area contributed by atoms with Crippen molar-refractivity contribution in [1.82, 2.24) is 4.98 Å². The van der Waals surface area contributed by atoms with Gasteiger partial charge in [0.25, 0.3) is 0 Å². The first kappa shape index (κ1) is 15.6. The molecule has 1 heterocycles. The minimum absolute atomic E-state index is 0.451. The Morgan fingerprint density at radius 1 is 1.19 bits per heavy atom. The molecule has 112 valence electrons. The van der Waals surface area contributed by atoms with E-state index < -0.39 is 0 Å². The average molecular weight is 305 g/mol. The van der Waals surface area contributed by atoms with E-state index in [9.17, 15) is 0 Å². The van der Waals surface area contributed by atoms with Gasteiger partial charge in [-0.3, -0.25) is 0 Å². The molecular weight excluding hydrogens is 284 g/mol. The summed E-state index contributed by atoms with van der Waals surface area (Å²) in [5, 5.41) is 4.06. The molecule has 0 fully saturated rings. The largest absolute Gasteiger partial charge is 0.487 e. The summed E-state index contributed by atoms with van der Waals surface area (Å²) in [6.07, 6.45) is 1.97. The van der Waals surface area contributed by atoms with Crippen LogP contribution >= 0.6 is 11.6 Å². The lowest BCUT2D eigenvalue weighted by Crippen LogP contribution is -2.05. The zero-order valence-corrected chi connectivity index (χ0v) is 13.3. The molecule has 0 spiro atoms. The standard InChI is InChI=1S/C17H21ClN2O/c1-3-10-19-17-7-5-6-14(20-17)12-21-15-8-9-16(18)13(4-2)11-15/h5-9,11H,3-4,10,12H2,1-2H3,(H,19,20). The third kappa shape index (κ3) is 4.64. The van der Waals surface area contributed by atoms with E-state index >= 15 is 0 Å². The minimum atomic E-state index is 0.451. The van der Waals surface area contributed by atoms with Gasteiger partial charge in [0.05, 0.1) is 5.69 Å². The number of aryl methyl sites for hydroxylation is 1. The van der Waals surface area contributed by atoms with Crippen molar-refractivity contribution in [2.75, 3.05) is 11.9 Å². The molecule has 0 aliphatic rings. The average Bonchev–Trinajstić information content (AvgIpc) is 2.52. The van der Waals surface area contributed by atoms with Gasteiger partial charge >= 0.3 is 0 Å². The zero-order valence-electron chi connectivity index (χ0n) is 12.5. The molecule has 0 atom stereocenters. The van der Waals surface area contributed by atoms with Crippen LogP contribution in [0.5, 0.6) is 5.75 Å². The molecule has 0 bridgehead atoms.